The van der Waals surface area contributed by atoms with Gasteiger partial charge in [-0.25, -0.2) is 14.1 Å². The standard InChI is InChI=1S/C11H10FN3O/c1-7-13-8(2)15(14-7)11-4-3-9(6-16)5-10(11)12/h3-6H,1-2H3. The average molecular weight is 219 g/mol. The van der Waals surface area contributed by atoms with Gasteiger partial charge >= 0.3 is 0 Å². The summed E-state index contributed by atoms with van der Waals surface area (Å²) in [7, 11) is 0. The van der Waals surface area contributed by atoms with Crippen molar-refractivity contribution in [1.29, 1.82) is 0 Å². The first kappa shape index (κ1) is 10.5. The van der Waals surface area contributed by atoms with Crippen LogP contribution >= 0.6 is 0 Å². The van der Waals surface area contributed by atoms with Gasteiger partial charge in [-0.3, -0.25) is 4.79 Å². The molecule has 16 heavy (non-hydrogen) atoms. The lowest BCUT2D eigenvalue weighted by Gasteiger charge is -2.04. The normalized spacial score (nSPS) is 10.4. The van der Waals surface area contributed by atoms with Gasteiger partial charge < -0.3 is 0 Å². The Morgan fingerprint density at radius 3 is 2.62 bits per heavy atom. The molecule has 0 spiro atoms. The first-order valence-corrected chi connectivity index (χ1v) is 4.77. The molecule has 0 atom stereocenters. The molecule has 2 rings (SSSR count). The maximum absolute atomic E-state index is 13.7. The number of rotatable bonds is 2. The second-order valence-corrected chi connectivity index (χ2v) is 3.45. The maximum atomic E-state index is 13.7. The predicted molar refractivity (Wildman–Crippen MR) is 56.2 cm³/mol. The third-order valence-electron chi connectivity index (χ3n) is 2.21. The molecule has 0 radical (unpaired) electrons. The number of aryl methyl sites for hydroxylation is 2. The Kier molecular flexibility index (Phi) is 2.52. The molecule has 0 N–H and O–H groups in total. The zero-order valence-corrected chi connectivity index (χ0v) is 8.94. The summed E-state index contributed by atoms with van der Waals surface area (Å²) in [5, 5.41) is 4.07. The van der Waals surface area contributed by atoms with Gasteiger partial charge in [0.25, 0.3) is 0 Å². The van der Waals surface area contributed by atoms with Crippen molar-refractivity contribution in [3.63, 3.8) is 0 Å². The lowest BCUT2D eigenvalue weighted by Crippen LogP contribution is -2.02. The second kappa shape index (κ2) is 3.84. The molecule has 0 aliphatic rings. The molecular weight excluding hydrogens is 209 g/mol. The van der Waals surface area contributed by atoms with E-state index in [0.29, 0.717) is 29.2 Å². The molecule has 5 heteroatoms. The first-order valence-electron chi connectivity index (χ1n) is 4.77. The molecule has 0 saturated heterocycles. The van der Waals surface area contributed by atoms with E-state index in [-0.39, 0.29) is 0 Å². The van der Waals surface area contributed by atoms with E-state index >= 15 is 0 Å². The van der Waals surface area contributed by atoms with Gasteiger partial charge in [0, 0.05) is 5.56 Å². The highest BCUT2D eigenvalue weighted by Gasteiger charge is 2.10. The lowest BCUT2D eigenvalue weighted by molar-refractivity contribution is 0.112. The molecule has 2 aromatic rings. The molecule has 0 bridgehead atoms. The third-order valence-corrected chi connectivity index (χ3v) is 2.21. The molecule has 1 heterocycles. The van der Waals surface area contributed by atoms with Crippen LogP contribution < -0.4 is 0 Å². The Bertz CT molecular complexity index is 548. The topological polar surface area (TPSA) is 47.8 Å². The SMILES string of the molecule is Cc1nc(C)n(-c2ccc(C=O)cc2F)n1. The van der Waals surface area contributed by atoms with Crippen LogP contribution in [0, 0.1) is 19.7 Å². The molecule has 0 aliphatic heterocycles. The van der Waals surface area contributed by atoms with Crippen LogP contribution in [0.2, 0.25) is 0 Å². The Balaban J connectivity index is 2.56. The molecule has 0 amide bonds. The van der Waals surface area contributed by atoms with Crippen LogP contribution in [0.5, 0.6) is 0 Å². The van der Waals surface area contributed by atoms with Crippen molar-refractivity contribution in [2.24, 2.45) is 0 Å². The van der Waals surface area contributed by atoms with Crippen molar-refractivity contribution in [2.45, 2.75) is 13.8 Å². The van der Waals surface area contributed by atoms with Crippen molar-refractivity contribution < 1.29 is 9.18 Å². The minimum absolute atomic E-state index is 0.295. The molecule has 0 aliphatic carbocycles. The minimum Gasteiger partial charge on any atom is -0.298 e. The summed E-state index contributed by atoms with van der Waals surface area (Å²) < 4.78 is 15.1. The molecule has 1 aromatic carbocycles. The fraction of sp³-hybridized carbons (Fsp3) is 0.182. The molecule has 0 unspecified atom stereocenters. The van der Waals surface area contributed by atoms with E-state index in [1.54, 1.807) is 19.9 Å². The van der Waals surface area contributed by atoms with Crippen molar-refractivity contribution in [3.05, 3.63) is 41.2 Å². The summed E-state index contributed by atoms with van der Waals surface area (Å²) in [6.07, 6.45) is 0.603. The summed E-state index contributed by atoms with van der Waals surface area (Å²) in [4.78, 5) is 14.6. The maximum Gasteiger partial charge on any atom is 0.150 e. The van der Waals surface area contributed by atoms with Crippen molar-refractivity contribution in [1.82, 2.24) is 14.8 Å². The summed E-state index contributed by atoms with van der Waals surface area (Å²) in [6, 6.07) is 4.24. The zero-order valence-electron chi connectivity index (χ0n) is 8.94. The fourth-order valence-electron chi connectivity index (χ4n) is 1.52. The van der Waals surface area contributed by atoms with Gasteiger partial charge in [0.15, 0.2) is 0 Å². The van der Waals surface area contributed by atoms with Gasteiger partial charge in [0.05, 0.1) is 0 Å². The van der Waals surface area contributed by atoms with Crippen LogP contribution in [0.3, 0.4) is 0 Å². The average Bonchev–Trinajstić information content (AvgIpc) is 2.57. The molecule has 0 saturated carbocycles. The van der Waals surface area contributed by atoms with Crippen molar-refractivity contribution in [3.8, 4) is 5.69 Å². The van der Waals surface area contributed by atoms with Crippen LogP contribution in [0.15, 0.2) is 18.2 Å². The Morgan fingerprint density at radius 1 is 1.38 bits per heavy atom. The number of aromatic nitrogens is 3. The van der Waals surface area contributed by atoms with Crippen LogP contribution in [-0.2, 0) is 0 Å². The second-order valence-electron chi connectivity index (χ2n) is 3.45. The lowest BCUT2D eigenvalue weighted by atomic mass is 10.2. The highest BCUT2D eigenvalue weighted by atomic mass is 19.1. The molecule has 82 valence electrons. The Morgan fingerprint density at radius 2 is 2.12 bits per heavy atom. The van der Waals surface area contributed by atoms with Crippen molar-refractivity contribution >= 4 is 6.29 Å². The number of nitrogens with zero attached hydrogens (tertiary/aromatic N) is 3. The van der Waals surface area contributed by atoms with Crippen molar-refractivity contribution in [2.75, 3.05) is 0 Å². The van der Waals surface area contributed by atoms with Gasteiger partial charge in [-0.05, 0) is 32.0 Å². The number of carbonyl (C=O) groups excluding carboxylic acids is 1. The first-order chi connectivity index (χ1) is 7.61. The van der Waals surface area contributed by atoms with E-state index in [4.69, 9.17) is 0 Å². The van der Waals surface area contributed by atoms with Crippen LogP contribution in [0.4, 0.5) is 4.39 Å². The molecule has 1 aromatic heterocycles. The molecule has 4 nitrogen and oxygen atoms in total. The molecule has 0 fully saturated rings. The Hall–Kier alpha value is -2.04. The highest BCUT2D eigenvalue weighted by Crippen LogP contribution is 2.15. The summed E-state index contributed by atoms with van der Waals surface area (Å²) in [5.41, 5.74) is 0.597. The summed E-state index contributed by atoms with van der Waals surface area (Å²) in [6.45, 7) is 3.48. The smallest absolute Gasteiger partial charge is 0.150 e. The molecular formula is C11H10FN3O. The summed E-state index contributed by atoms with van der Waals surface area (Å²) in [5.74, 6) is 0.698. The Labute approximate surface area is 91.7 Å². The van der Waals surface area contributed by atoms with Gasteiger partial charge in [-0.1, -0.05) is 0 Å². The van der Waals surface area contributed by atoms with Gasteiger partial charge in [0.2, 0.25) is 0 Å². The summed E-state index contributed by atoms with van der Waals surface area (Å²) >= 11 is 0. The highest BCUT2D eigenvalue weighted by molar-refractivity contribution is 5.75. The van der Waals surface area contributed by atoms with Gasteiger partial charge in [-0.15, -0.1) is 0 Å². The monoisotopic (exact) mass is 219 g/mol. The van der Waals surface area contributed by atoms with Crippen LogP contribution in [-0.4, -0.2) is 21.1 Å². The fourth-order valence-corrected chi connectivity index (χ4v) is 1.52. The van der Waals surface area contributed by atoms with E-state index in [9.17, 15) is 9.18 Å². The van der Waals surface area contributed by atoms with E-state index in [2.05, 4.69) is 10.1 Å². The van der Waals surface area contributed by atoms with Crippen LogP contribution in [0.25, 0.3) is 5.69 Å². The van der Waals surface area contributed by atoms with E-state index in [1.165, 1.54) is 16.8 Å². The largest absolute Gasteiger partial charge is 0.298 e. The quantitative estimate of drug-likeness (QED) is 0.724. The number of halogens is 1. The van der Waals surface area contributed by atoms with E-state index in [0.717, 1.165) is 0 Å². The number of hydrogen-bond acceptors (Lipinski definition) is 3. The van der Waals surface area contributed by atoms with E-state index < -0.39 is 5.82 Å². The van der Waals surface area contributed by atoms with Gasteiger partial charge in [0.1, 0.15) is 29.4 Å². The number of hydrogen-bond donors (Lipinski definition) is 0. The minimum atomic E-state index is -0.488. The third kappa shape index (κ3) is 1.71. The number of benzene rings is 1. The predicted octanol–water partition coefficient (Wildman–Crippen LogP) is 1.84. The number of aldehydes is 1. The number of carbonyl (C=O) groups is 1. The van der Waals surface area contributed by atoms with Gasteiger partial charge in [-0.2, -0.15) is 5.10 Å². The zero-order chi connectivity index (χ0) is 11.7. The van der Waals surface area contributed by atoms with E-state index in [1.807, 2.05) is 0 Å². The van der Waals surface area contributed by atoms with Crippen LogP contribution in [0.1, 0.15) is 22.0 Å².